The summed E-state index contributed by atoms with van der Waals surface area (Å²) in [5, 5.41) is 2.79. The molecule has 32 heavy (non-hydrogen) atoms. The van der Waals surface area contributed by atoms with Crippen LogP contribution in [-0.4, -0.2) is 18.5 Å². The molecule has 3 aromatic rings. The summed E-state index contributed by atoms with van der Waals surface area (Å²) in [7, 11) is 0. The molecule has 5 nitrogen and oxygen atoms in total. The Balaban J connectivity index is 1.37. The average molecular weight is 428 g/mol. The number of rotatable bonds is 6. The van der Waals surface area contributed by atoms with Crippen LogP contribution < -0.4 is 14.8 Å². The lowest BCUT2D eigenvalue weighted by Crippen LogP contribution is -2.22. The van der Waals surface area contributed by atoms with Gasteiger partial charge in [0.25, 0.3) is 0 Å². The molecule has 2 aliphatic rings. The van der Waals surface area contributed by atoms with Gasteiger partial charge in [-0.3, -0.25) is 9.59 Å². The van der Waals surface area contributed by atoms with Gasteiger partial charge in [-0.05, 0) is 71.8 Å². The quantitative estimate of drug-likeness (QED) is 0.588. The van der Waals surface area contributed by atoms with Gasteiger partial charge < -0.3 is 14.8 Å². The van der Waals surface area contributed by atoms with Crippen molar-refractivity contribution in [1.82, 2.24) is 0 Å². The number of hydrogen-bond acceptors (Lipinski definition) is 4. The van der Waals surface area contributed by atoms with Crippen molar-refractivity contribution in [2.24, 2.45) is 0 Å². The van der Waals surface area contributed by atoms with Crippen molar-refractivity contribution >= 4 is 17.4 Å². The monoisotopic (exact) mass is 427 g/mol. The zero-order valence-corrected chi connectivity index (χ0v) is 18.2. The molecule has 1 heterocycles. The van der Waals surface area contributed by atoms with Crippen LogP contribution in [0.25, 0.3) is 11.1 Å². The number of ether oxygens (including phenoxy) is 2. The van der Waals surface area contributed by atoms with Crippen LogP contribution in [0.5, 0.6) is 11.5 Å². The number of carbonyl (C=O) groups is 2. The average Bonchev–Trinajstić information content (AvgIpc) is 3.46. The summed E-state index contributed by atoms with van der Waals surface area (Å²) < 4.78 is 10.9. The Hall–Kier alpha value is -3.60. The highest BCUT2D eigenvalue weighted by molar-refractivity contribution is 5.95. The third-order valence-corrected chi connectivity index (χ3v) is 6.39. The molecule has 1 aliphatic carbocycles. The van der Waals surface area contributed by atoms with E-state index in [0.717, 1.165) is 57.8 Å². The predicted molar refractivity (Wildman–Crippen MR) is 123 cm³/mol. The summed E-state index contributed by atoms with van der Waals surface area (Å²) in [4.78, 5) is 24.6. The van der Waals surface area contributed by atoms with Gasteiger partial charge in [-0.15, -0.1) is 0 Å². The summed E-state index contributed by atoms with van der Waals surface area (Å²) in [6.45, 7) is 3.80. The first-order valence-corrected chi connectivity index (χ1v) is 10.9. The van der Waals surface area contributed by atoms with Crippen molar-refractivity contribution in [2.75, 3.05) is 12.1 Å². The third kappa shape index (κ3) is 3.75. The SMILES string of the molecule is CC(=O)Nc1ccc(-c2cc(CC(=O)C3(c4ccc5c(c4)OCO5)CC3)ccc2C)cc1. The summed E-state index contributed by atoms with van der Waals surface area (Å²) in [6.07, 6.45) is 2.13. The van der Waals surface area contributed by atoms with Crippen molar-refractivity contribution in [3.05, 3.63) is 77.4 Å². The van der Waals surface area contributed by atoms with Gasteiger partial charge in [0.15, 0.2) is 11.5 Å². The first kappa shape index (κ1) is 20.3. The molecule has 5 rings (SSSR count). The van der Waals surface area contributed by atoms with Crippen molar-refractivity contribution < 1.29 is 19.1 Å². The summed E-state index contributed by atoms with van der Waals surface area (Å²) in [6, 6.07) is 19.9. The standard InChI is InChI=1S/C27H25NO4/c1-17-3-4-19(13-23(17)20-5-8-22(9-6-20)28-18(2)29)14-26(30)27(11-12-27)21-7-10-24-25(15-21)32-16-31-24/h3-10,13,15H,11-12,14,16H2,1-2H3,(H,28,29). The van der Waals surface area contributed by atoms with Gasteiger partial charge in [0.05, 0.1) is 5.41 Å². The van der Waals surface area contributed by atoms with E-state index < -0.39 is 5.41 Å². The Morgan fingerprint density at radius 3 is 2.41 bits per heavy atom. The molecule has 3 aromatic carbocycles. The highest BCUT2D eigenvalue weighted by Gasteiger charge is 2.50. The molecule has 162 valence electrons. The maximum atomic E-state index is 13.4. The van der Waals surface area contributed by atoms with E-state index in [9.17, 15) is 9.59 Å². The van der Waals surface area contributed by atoms with Crippen LogP contribution in [0.2, 0.25) is 0 Å². The molecular formula is C27H25NO4. The van der Waals surface area contributed by atoms with Gasteiger partial charge in [0.1, 0.15) is 5.78 Å². The van der Waals surface area contributed by atoms with Crippen LogP contribution in [0.4, 0.5) is 5.69 Å². The number of aryl methyl sites for hydroxylation is 1. The zero-order chi connectivity index (χ0) is 22.3. The Labute approximate surface area is 187 Å². The van der Waals surface area contributed by atoms with Crippen LogP contribution in [-0.2, 0) is 21.4 Å². The van der Waals surface area contributed by atoms with E-state index in [-0.39, 0.29) is 18.5 Å². The van der Waals surface area contributed by atoms with E-state index in [1.807, 2.05) is 48.5 Å². The van der Waals surface area contributed by atoms with Gasteiger partial charge in [-0.2, -0.15) is 0 Å². The second-order valence-corrected chi connectivity index (χ2v) is 8.66. The van der Waals surface area contributed by atoms with Gasteiger partial charge in [0.2, 0.25) is 12.7 Å². The zero-order valence-electron chi connectivity index (χ0n) is 18.2. The molecule has 0 atom stereocenters. The fourth-order valence-corrected chi connectivity index (χ4v) is 4.43. The lowest BCUT2D eigenvalue weighted by molar-refractivity contribution is -0.120. The topological polar surface area (TPSA) is 64.6 Å². The summed E-state index contributed by atoms with van der Waals surface area (Å²) in [5.41, 5.74) is 5.68. The van der Waals surface area contributed by atoms with Crippen molar-refractivity contribution in [3.8, 4) is 22.6 Å². The summed E-state index contributed by atoms with van der Waals surface area (Å²) in [5.74, 6) is 1.62. The van der Waals surface area contributed by atoms with E-state index >= 15 is 0 Å². The molecule has 1 N–H and O–H groups in total. The van der Waals surface area contributed by atoms with E-state index in [4.69, 9.17) is 9.47 Å². The highest BCUT2D eigenvalue weighted by Crippen LogP contribution is 2.51. The molecule has 0 radical (unpaired) electrons. The van der Waals surface area contributed by atoms with Crippen LogP contribution in [0.3, 0.4) is 0 Å². The van der Waals surface area contributed by atoms with E-state index in [1.165, 1.54) is 6.92 Å². The number of carbonyl (C=O) groups excluding carboxylic acids is 2. The number of amides is 1. The predicted octanol–water partition coefficient (Wildman–Crippen LogP) is 5.19. The van der Waals surface area contributed by atoms with Gasteiger partial charge in [-0.25, -0.2) is 0 Å². The van der Waals surface area contributed by atoms with Crippen molar-refractivity contribution in [3.63, 3.8) is 0 Å². The minimum Gasteiger partial charge on any atom is -0.454 e. The number of hydrogen-bond donors (Lipinski definition) is 1. The Kier molecular flexibility index (Phi) is 4.97. The van der Waals surface area contributed by atoms with Gasteiger partial charge in [-0.1, -0.05) is 36.4 Å². The molecule has 0 bridgehead atoms. The Morgan fingerprint density at radius 1 is 0.938 bits per heavy atom. The molecular weight excluding hydrogens is 402 g/mol. The molecule has 1 saturated carbocycles. The number of anilines is 1. The van der Waals surface area contributed by atoms with Crippen molar-refractivity contribution in [2.45, 2.75) is 38.5 Å². The molecule has 5 heteroatoms. The molecule has 0 saturated heterocycles. The minimum absolute atomic E-state index is 0.0918. The van der Waals surface area contributed by atoms with Crippen LogP contribution in [0.1, 0.15) is 36.5 Å². The van der Waals surface area contributed by atoms with Crippen molar-refractivity contribution in [1.29, 1.82) is 0 Å². The Morgan fingerprint density at radius 2 is 1.69 bits per heavy atom. The van der Waals surface area contributed by atoms with E-state index in [2.05, 4.69) is 24.4 Å². The third-order valence-electron chi connectivity index (χ3n) is 6.39. The van der Waals surface area contributed by atoms with Crippen LogP contribution in [0, 0.1) is 6.92 Å². The van der Waals surface area contributed by atoms with Crippen LogP contribution >= 0.6 is 0 Å². The van der Waals surface area contributed by atoms with Gasteiger partial charge in [0, 0.05) is 19.0 Å². The van der Waals surface area contributed by atoms with E-state index in [1.54, 1.807) is 0 Å². The largest absolute Gasteiger partial charge is 0.454 e. The molecule has 0 aromatic heterocycles. The van der Waals surface area contributed by atoms with Crippen LogP contribution in [0.15, 0.2) is 60.7 Å². The fraction of sp³-hybridized carbons (Fsp3) is 0.259. The molecule has 0 spiro atoms. The maximum absolute atomic E-state index is 13.4. The second-order valence-electron chi connectivity index (χ2n) is 8.66. The Bertz CT molecular complexity index is 1210. The number of fused-ring (bicyclic) bond motifs is 1. The number of Topliss-reactive ketones (excluding diaryl/α,β-unsaturated/α-hetero) is 1. The lowest BCUT2D eigenvalue weighted by atomic mass is 9.87. The highest BCUT2D eigenvalue weighted by atomic mass is 16.7. The molecule has 1 amide bonds. The minimum atomic E-state index is -0.411. The summed E-state index contributed by atoms with van der Waals surface area (Å²) >= 11 is 0. The number of benzene rings is 3. The molecule has 1 aliphatic heterocycles. The molecule has 0 unspecified atom stereocenters. The first-order valence-electron chi connectivity index (χ1n) is 10.9. The second kappa shape index (κ2) is 7.83. The van der Waals surface area contributed by atoms with Gasteiger partial charge >= 0.3 is 0 Å². The lowest BCUT2D eigenvalue weighted by Gasteiger charge is -2.16. The first-order chi connectivity index (χ1) is 15.4. The number of ketones is 1. The normalized spacial score (nSPS) is 15.3. The number of nitrogens with one attached hydrogen (secondary N) is 1. The van der Waals surface area contributed by atoms with E-state index in [0.29, 0.717) is 6.42 Å². The maximum Gasteiger partial charge on any atom is 0.231 e. The molecule has 1 fully saturated rings. The smallest absolute Gasteiger partial charge is 0.231 e. The fourth-order valence-electron chi connectivity index (χ4n) is 4.43.